The number of thioether (sulfide) groups is 4. The van der Waals surface area contributed by atoms with Crippen LogP contribution >= 0.6 is 47.0 Å². The molecule has 0 aliphatic carbocycles. The highest BCUT2D eigenvalue weighted by Crippen LogP contribution is 2.59. The number of fused-ring (bicyclic) bond motifs is 1. The molecule has 1 amide bonds. The van der Waals surface area contributed by atoms with Crippen molar-refractivity contribution in [3.8, 4) is 0 Å². The Morgan fingerprint density at radius 1 is 1.17 bits per heavy atom. The van der Waals surface area contributed by atoms with Crippen LogP contribution in [0.2, 0.25) is 0 Å². The standard InChI is InChI=1S/C10H10N2O2S4/c1-3-4(2)16-8(15-3)9-17-5-6(13)11-10(14)12-7(5)18-9/h5,7H,1-2H3,(H2,11,12,13,14)/p-1. The number of rotatable bonds is 0. The highest BCUT2D eigenvalue weighted by Gasteiger charge is 2.41. The molecule has 3 aliphatic heterocycles. The summed E-state index contributed by atoms with van der Waals surface area (Å²) < 4.78 is 2.33. The molecule has 0 spiro atoms. The first-order chi connectivity index (χ1) is 8.54. The summed E-state index contributed by atoms with van der Waals surface area (Å²) in [5.74, 6) is -0.220. The van der Waals surface area contributed by atoms with Gasteiger partial charge in [0.1, 0.15) is 10.6 Å². The second kappa shape index (κ2) is 4.73. The minimum absolute atomic E-state index is 0.220. The summed E-state index contributed by atoms with van der Waals surface area (Å²) in [7, 11) is 0. The second-order valence-electron chi connectivity index (χ2n) is 3.86. The van der Waals surface area contributed by atoms with Crippen LogP contribution in [0.3, 0.4) is 0 Å². The van der Waals surface area contributed by atoms with Gasteiger partial charge in [0.05, 0.1) is 14.5 Å². The smallest absolute Gasteiger partial charge is 0.241 e. The van der Waals surface area contributed by atoms with E-state index in [0.717, 1.165) is 4.24 Å². The molecule has 0 saturated carbocycles. The van der Waals surface area contributed by atoms with E-state index in [2.05, 4.69) is 24.2 Å². The van der Waals surface area contributed by atoms with Gasteiger partial charge in [0, 0.05) is 0 Å². The van der Waals surface area contributed by atoms with Crippen molar-refractivity contribution >= 4 is 59.0 Å². The molecule has 0 aromatic carbocycles. The Morgan fingerprint density at radius 3 is 2.50 bits per heavy atom. The van der Waals surface area contributed by atoms with Crippen LogP contribution in [0.15, 0.2) is 23.3 Å². The SMILES string of the molecule is CC1=C(C)SC(=C2SC3N=C([O-])NC(=O)C3S2)S1. The van der Waals surface area contributed by atoms with Crippen LogP contribution < -0.4 is 10.4 Å². The van der Waals surface area contributed by atoms with E-state index in [0.29, 0.717) is 0 Å². The molecule has 1 saturated heterocycles. The van der Waals surface area contributed by atoms with E-state index in [-0.39, 0.29) is 16.5 Å². The number of carbonyl (C=O) groups excluding carboxylic acids is 1. The molecular formula is C10H9N2O2S4-. The van der Waals surface area contributed by atoms with E-state index in [9.17, 15) is 9.90 Å². The fraction of sp³-hybridized carbons (Fsp3) is 0.400. The zero-order valence-corrected chi connectivity index (χ0v) is 12.8. The lowest BCUT2D eigenvalue weighted by molar-refractivity contribution is -0.222. The van der Waals surface area contributed by atoms with Crippen molar-refractivity contribution in [2.24, 2.45) is 4.99 Å². The van der Waals surface area contributed by atoms with E-state index < -0.39 is 6.02 Å². The zero-order chi connectivity index (χ0) is 12.9. The van der Waals surface area contributed by atoms with Gasteiger partial charge >= 0.3 is 0 Å². The number of nitrogens with zero attached hydrogens (tertiary/aromatic N) is 1. The number of amidine groups is 1. The third-order valence-electron chi connectivity index (χ3n) is 2.61. The first-order valence-corrected chi connectivity index (χ1v) is 8.60. The fourth-order valence-electron chi connectivity index (χ4n) is 1.60. The van der Waals surface area contributed by atoms with Crippen LogP contribution in [0.4, 0.5) is 0 Å². The summed E-state index contributed by atoms with van der Waals surface area (Å²) in [6.45, 7) is 4.19. The van der Waals surface area contributed by atoms with Crippen molar-refractivity contribution < 1.29 is 9.90 Å². The lowest BCUT2D eigenvalue weighted by Gasteiger charge is -2.24. The maximum Gasteiger partial charge on any atom is 0.241 e. The van der Waals surface area contributed by atoms with Crippen molar-refractivity contribution in [2.75, 3.05) is 0 Å². The summed E-state index contributed by atoms with van der Waals surface area (Å²) in [5.41, 5.74) is 0. The molecule has 3 rings (SSSR count). The molecule has 2 unspecified atom stereocenters. The first-order valence-electron chi connectivity index (χ1n) is 5.21. The summed E-state index contributed by atoms with van der Waals surface area (Å²) in [6, 6.07) is -0.516. The van der Waals surface area contributed by atoms with Crippen molar-refractivity contribution in [1.82, 2.24) is 5.32 Å². The normalized spacial score (nSPS) is 31.7. The maximum absolute atomic E-state index is 11.7. The Labute approximate surface area is 122 Å². The molecule has 8 heteroatoms. The Hall–Kier alpha value is -0.180. The molecule has 0 bridgehead atoms. The summed E-state index contributed by atoms with van der Waals surface area (Å²) in [6.07, 6.45) is 0. The summed E-state index contributed by atoms with van der Waals surface area (Å²) in [5, 5.41) is 12.9. The average Bonchev–Trinajstić information content (AvgIpc) is 2.84. The van der Waals surface area contributed by atoms with Gasteiger partial charge in [-0.1, -0.05) is 35.3 Å². The van der Waals surface area contributed by atoms with Crippen molar-refractivity contribution in [3.05, 3.63) is 18.3 Å². The van der Waals surface area contributed by atoms with Gasteiger partial charge < -0.3 is 10.4 Å². The maximum atomic E-state index is 11.7. The zero-order valence-electron chi connectivity index (χ0n) is 9.55. The number of amides is 1. The van der Waals surface area contributed by atoms with Gasteiger partial charge in [0.15, 0.2) is 0 Å². The Bertz CT molecular complexity index is 510. The third kappa shape index (κ3) is 2.19. The predicted molar refractivity (Wildman–Crippen MR) is 78.9 cm³/mol. The number of hydrogen-bond acceptors (Lipinski definition) is 7. The van der Waals surface area contributed by atoms with E-state index in [1.54, 1.807) is 23.5 Å². The Balaban J connectivity index is 1.85. The number of carbonyl (C=O) groups is 1. The molecule has 0 aromatic heterocycles. The molecule has 2 atom stereocenters. The van der Waals surface area contributed by atoms with Gasteiger partial charge in [-0.3, -0.25) is 9.79 Å². The number of hydrogen-bond donors (Lipinski definition) is 1. The molecule has 18 heavy (non-hydrogen) atoms. The number of nitrogens with one attached hydrogen (secondary N) is 1. The lowest BCUT2D eigenvalue weighted by Crippen LogP contribution is -2.50. The molecule has 1 fully saturated rings. The van der Waals surface area contributed by atoms with Gasteiger partial charge in [0.25, 0.3) is 0 Å². The minimum atomic E-state index is -0.516. The largest absolute Gasteiger partial charge is 0.846 e. The minimum Gasteiger partial charge on any atom is -0.846 e. The topological polar surface area (TPSA) is 64.5 Å². The van der Waals surface area contributed by atoms with Gasteiger partial charge in [-0.15, -0.1) is 11.8 Å². The van der Waals surface area contributed by atoms with E-state index in [4.69, 9.17) is 0 Å². The highest BCUT2D eigenvalue weighted by atomic mass is 32.2. The van der Waals surface area contributed by atoms with Gasteiger partial charge in [-0.05, 0) is 23.7 Å². The van der Waals surface area contributed by atoms with Gasteiger partial charge in [0.2, 0.25) is 5.91 Å². The Morgan fingerprint density at radius 2 is 1.83 bits per heavy atom. The van der Waals surface area contributed by atoms with Crippen molar-refractivity contribution in [3.63, 3.8) is 0 Å². The first kappa shape index (κ1) is 12.8. The molecular weight excluding hydrogens is 308 g/mol. The van der Waals surface area contributed by atoms with Crippen LogP contribution in [0.1, 0.15) is 13.8 Å². The van der Waals surface area contributed by atoms with Crippen LogP contribution in [0.25, 0.3) is 0 Å². The van der Waals surface area contributed by atoms with Crippen LogP contribution in [-0.4, -0.2) is 22.6 Å². The van der Waals surface area contributed by atoms with Gasteiger partial charge in [-0.25, -0.2) is 0 Å². The summed E-state index contributed by atoms with van der Waals surface area (Å²) >= 11 is 6.53. The Kier molecular flexibility index (Phi) is 3.38. The number of allylic oxidation sites excluding steroid dienone is 2. The van der Waals surface area contributed by atoms with Crippen LogP contribution in [0.5, 0.6) is 0 Å². The molecule has 3 heterocycles. The number of aliphatic imine (C=N–C) groups is 1. The summed E-state index contributed by atoms with van der Waals surface area (Å²) in [4.78, 5) is 18.3. The second-order valence-corrected chi connectivity index (χ2v) is 9.11. The van der Waals surface area contributed by atoms with Crippen molar-refractivity contribution in [1.29, 1.82) is 0 Å². The third-order valence-corrected chi connectivity index (χ3v) is 8.69. The lowest BCUT2D eigenvalue weighted by atomic mass is 10.3. The monoisotopic (exact) mass is 317 g/mol. The van der Waals surface area contributed by atoms with Crippen molar-refractivity contribution in [2.45, 2.75) is 24.5 Å². The van der Waals surface area contributed by atoms with E-state index in [1.165, 1.54) is 37.6 Å². The van der Waals surface area contributed by atoms with E-state index in [1.807, 2.05) is 0 Å². The van der Waals surface area contributed by atoms with Crippen LogP contribution in [0, 0.1) is 0 Å². The quantitative estimate of drug-likeness (QED) is 0.736. The molecule has 0 aromatic rings. The fourth-order valence-corrected chi connectivity index (χ4v) is 7.39. The van der Waals surface area contributed by atoms with Crippen LogP contribution in [-0.2, 0) is 4.79 Å². The molecule has 4 nitrogen and oxygen atoms in total. The molecule has 3 aliphatic rings. The predicted octanol–water partition coefficient (Wildman–Crippen LogP) is 1.87. The highest BCUT2D eigenvalue weighted by molar-refractivity contribution is 8.33. The molecule has 96 valence electrons. The molecule has 1 N–H and O–H groups in total. The van der Waals surface area contributed by atoms with Gasteiger partial charge in [-0.2, -0.15) is 0 Å². The molecule has 0 radical (unpaired) electrons. The van der Waals surface area contributed by atoms with E-state index >= 15 is 0 Å². The average molecular weight is 317 g/mol.